The van der Waals surface area contributed by atoms with E-state index in [0.29, 0.717) is 11.4 Å². The second-order valence-electron chi connectivity index (χ2n) is 5.77. The lowest BCUT2D eigenvalue weighted by atomic mass is 9.85. The number of hydrogen-bond donors (Lipinski definition) is 2. The topological polar surface area (TPSA) is 127 Å². The average Bonchev–Trinajstić information content (AvgIpc) is 2.52. The van der Waals surface area contributed by atoms with Gasteiger partial charge in [-0.1, -0.05) is 18.2 Å². The molecule has 1 aliphatic heterocycles. The molecule has 0 amide bonds. The molecule has 1 aromatic carbocycles. The summed E-state index contributed by atoms with van der Waals surface area (Å²) >= 11 is 1.36. The predicted octanol–water partition coefficient (Wildman–Crippen LogP) is 2.26. The van der Waals surface area contributed by atoms with Crippen molar-refractivity contribution in [2.75, 3.05) is 18.3 Å². The van der Waals surface area contributed by atoms with Gasteiger partial charge in [0.15, 0.2) is 9.84 Å². The average molecular weight is 398 g/mol. The van der Waals surface area contributed by atoms with Crippen LogP contribution in [-0.2, 0) is 14.6 Å². The lowest BCUT2D eigenvalue weighted by molar-refractivity contribution is -0.385. The number of dihydropyridines is 1. The van der Waals surface area contributed by atoms with E-state index in [1.165, 1.54) is 43.0 Å². The molecule has 1 aromatic rings. The number of aliphatic carboxylic acids is 1. The molecule has 10 heteroatoms. The number of carbonyl (C=O) groups is 1. The number of sulfone groups is 1. The molecule has 0 aromatic heterocycles. The molecule has 26 heavy (non-hydrogen) atoms. The Hall–Kier alpha value is -2.33. The minimum Gasteiger partial charge on any atom is -0.478 e. The van der Waals surface area contributed by atoms with Crippen LogP contribution in [0.15, 0.2) is 46.1 Å². The number of nitrogens with zero attached hydrogens (tertiary/aromatic N) is 1. The zero-order valence-electron chi connectivity index (χ0n) is 14.3. The zero-order valence-corrected chi connectivity index (χ0v) is 16.0. The van der Waals surface area contributed by atoms with E-state index in [0.717, 1.165) is 6.26 Å². The van der Waals surface area contributed by atoms with Crippen molar-refractivity contribution in [1.29, 1.82) is 0 Å². The summed E-state index contributed by atoms with van der Waals surface area (Å²) in [6, 6.07) is 5.60. The molecular weight excluding hydrogens is 380 g/mol. The van der Waals surface area contributed by atoms with Crippen molar-refractivity contribution in [2.45, 2.75) is 12.8 Å². The number of nitrogens with one attached hydrogen (secondary N) is 1. The lowest BCUT2D eigenvalue weighted by Crippen LogP contribution is -2.32. The first-order chi connectivity index (χ1) is 12.1. The predicted molar refractivity (Wildman–Crippen MR) is 99.6 cm³/mol. The second kappa shape index (κ2) is 7.50. The number of thioether (sulfide) groups is 1. The van der Waals surface area contributed by atoms with E-state index in [2.05, 4.69) is 5.32 Å². The molecule has 1 atom stereocenters. The Morgan fingerprint density at radius 1 is 1.38 bits per heavy atom. The molecule has 1 unspecified atom stereocenters. The first-order valence-corrected chi connectivity index (χ1v) is 10.7. The van der Waals surface area contributed by atoms with Crippen LogP contribution in [0.2, 0.25) is 0 Å². The molecule has 0 bridgehead atoms. The van der Waals surface area contributed by atoms with E-state index in [9.17, 15) is 28.4 Å². The summed E-state index contributed by atoms with van der Waals surface area (Å²) < 4.78 is 24.8. The highest BCUT2D eigenvalue weighted by Crippen LogP contribution is 2.43. The Morgan fingerprint density at radius 2 is 2.00 bits per heavy atom. The van der Waals surface area contributed by atoms with Gasteiger partial charge in [-0.05, 0) is 13.2 Å². The summed E-state index contributed by atoms with van der Waals surface area (Å²) in [6.45, 7) is 1.52. The molecule has 1 heterocycles. The van der Waals surface area contributed by atoms with Crippen molar-refractivity contribution in [1.82, 2.24) is 5.32 Å². The quantitative estimate of drug-likeness (QED) is 0.552. The van der Waals surface area contributed by atoms with Gasteiger partial charge in [0.2, 0.25) is 0 Å². The van der Waals surface area contributed by atoms with Gasteiger partial charge in [0.1, 0.15) is 0 Å². The van der Waals surface area contributed by atoms with Crippen LogP contribution in [0.1, 0.15) is 18.4 Å². The highest BCUT2D eigenvalue weighted by atomic mass is 32.2. The van der Waals surface area contributed by atoms with E-state index in [-0.39, 0.29) is 27.4 Å². The molecule has 2 N–H and O–H groups in total. The van der Waals surface area contributed by atoms with Gasteiger partial charge in [0.25, 0.3) is 5.69 Å². The van der Waals surface area contributed by atoms with Crippen LogP contribution in [0.5, 0.6) is 0 Å². The van der Waals surface area contributed by atoms with Crippen LogP contribution in [0.25, 0.3) is 0 Å². The fraction of sp³-hybridized carbons (Fsp3) is 0.312. The highest BCUT2D eigenvalue weighted by molar-refractivity contribution is 7.98. The Balaban J connectivity index is 2.90. The summed E-state index contributed by atoms with van der Waals surface area (Å²) in [5.74, 6) is -2.28. The van der Waals surface area contributed by atoms with E-state index >= 15 is 0 Å². The normalized spacial score (nSPS) is 17.9. The number of para-hydroxylation sites is 1. The molecular formula is C16H18N2O6S2. The van der Waals surface area contributed by atoms with Gasteiger partial charge < -0.3 is 10.4 Å². The number of nitro groups is 1. The van der Waals surface area contributed by atoms with Crippen molar-refractivity contribution >= 4 is 33.3 Å². The van der Waals surface area contributed by atoms with Gasteiger partial charge in [-0.15, -0.1) is 0 Å². The third kappa shape index (κ3) is 3.75. The monoisotopic (exact) mass is 398 g/mol. The Labute approximate surface area is 155 Å². The molecule has 0 aliphatic carbocycles. The first-order valence-electron chi connectivity index (χ1n) is 7.46. The van der Waals surface area contributed by atoms with Gasteiger partial charge in [0.05, 0.1) is 21.3 Å². The first kappa shape index (κ1) is 20.0. The maximum Gasteiger partial charge on any atom is 0.334 e. The number of nitro benzene ring substituents is 1. The van der Waals surface area contributed by atoms with Crippen molar-refractivity contribution in [2.24, 2.45) is 0 Å². The minimum atomic E-state index is -3.83. The molecule has 0 spiro atoms. The number of rotatable bonds is 6. The Kier molecular flexibility index (Phi) is 5.77. The van der Waals surface area contributed by atoms with Crippen LogP contribution in [0.4, 0.5) is 5.69 Å². The molecule has 1 aliphatic rings. The van der Waals surface area contributed by atoms with Crippen LogP contribution >= 0.6 is 11.8 Å². The SMILES string of the molecule is CSCC1=C(C(=O)O)C(c2ccccc2[N+](=O)[O-])C(S(C)(=O)=O)=C(C)N1. The van der Waals surface area contributed by atoms with Crippen molar-refractivity contribution in [3.63, 3.8) is 0 Å². The Bertz CT molecular complexity index is 934. The van der Waals surface area contributed by atoms with Crippen LogP contribution in [-0.4, -0.2) is 42.7 Å². The minimum absolute atomic E-state index is 0.0368. The molecule has 140 valence electrons. The zero-order chi connectivity index (χ0) is 19.6. The largest absolute Gasteiger partial charge is 0.478 e. The third-order valence-corrected chi connectivity index (χ3v) is 5.87. The number of benzene rings is 1. The van der Waals surface area contributed by atoms with Gasteiger partial charge in [0, 0.05) is 35.0 Å². The van der Waals surface area contributed by atoms with E-state index in [4.69, 9.17) is 0 Å². The van der Waals surface area contributed by atoms with Gasteiger partial charge in [-0.2, -0.15) is 11.8 Å². The molecule has 0 saturated carbocycles. The molecule has 8 nitrogen and oxygen atoms in total. The summed E-state index contributed by atoms with van der Waals surface area (Å²) in [4.78, 5) is 22.6. The smallest absolute Gasteiger partial charge is 0.334 e. The number of carboxylic acid groups (broad SMARTS) is 1. The van der Waals surface area contributed by atoms with E-state index in [1.807, 2.05) is 0 Å². The maximum absolute atomic E-state index is 12.4. The molecule has 0 fully saturated rings. The standard InChI is InChI=1S/C16H18N2O6S2/c1-9-15(26(3,23)24)13(10-6-4-5-7-12(10)18(21)22)14(16(19)20)11(17-9)8-25-2/h4-7,13,17H,8H2,1-3H3,(H,19,20). The number of allylic oxidation sites excluding steroid dienone is 2. The Morgan fingerprint density at radius 3 is 2.50 bits per heavy atom. The van der Waals surface area contributed by atoms with Crippen LogP contribution < -0.4 is 5.32 Å². The van der Waals surface area contributed by atoms with E-state index in [1.54, 1.807) is 6.26 Å². The van der Waals surface area contributed by atoms with Crippen molar-refractivity contribution < 1.29 is 23.2 Å². The van der Waals surface area contributed by atoms with Gasteiger partial charge in [-0.3, -0.25) is 10.1 Å². The molecule has 2 rings (SSSR count). The van der Waals surface area contributed by atoms with Crippen LogP contribution in [0, 0.1) is 10.1 Å². The van der Waals surface area contributed by atoms with Gasteiger partial charge in [-0.25, -0.2) is 13.2 Å². The summed E-state index contributed by atoms with van der Waals surface area (Å²) in [7, 11) is -3.83. The highest BCUT2D eigenvalue weighted by Gasteiger charge is 2.41. The second-order valence-corrected chi connectivity index (χ2v) is 8.62. The van der Waals surface area contributed by atoms with Crippen molar-refractivity contribution in [3.8, 4) is 0 Å². The third-order valence-electron chi connectivity index (χ3n) is 3.95. The van der Waals surface area contributed by atoms with E-state index < -0.39 is 26.6 Å². The van der Waals surface area contributed by atoms with Crippen molar-refractivity contribution in [3.05, 3.63) is 61.8 Å². The number of hydrogen-bond acceptors (Lipinski definition) is 7. The molecule has 0 radical (unpaired) electrons. The molecule has 0 saturated heterocycles. The van der Waals surface area contributed by atoms with Gasteiger partial charge >= 0.3 is 5.97 Å². The maximum atomic E-state index is 12.4. The summed E-state index contributed by atoms with van der Waals surface area (Å²) in [6.07, 6.45) is 2.74. The lowest BCUT2D eigenvalue weighted by Gasteiger charge is -2.30. The summed E-state index contributed by atoms with van der Waals surface area (Å²) in [5.41, 5.74) is 0.118. The van der Waals surface area contributed by atoms with Crippen LogP contribution in [0.3, 0.4) is 0 Å². The fourth-order valence-corrected chi connectivity index (χ4v) is 4.87. The summed E-state index contributed by atoms with van der Waals surface area (Å²) in [5, 5.41) is 24.1. The fourth-order valence-electron chi connectivity index (χ4n) is 3.07. The number of carboxylic acids is 1.